The fraction of sp³-hybridized carbons (Fsp3) is 1.00. The first-order chi connectivity index (χ1) is 7.75. The van der Waals surface area contributed by atoms with Crippen LogP contribution < -0.4 is 5.32 Å². The molecule has 3 heteroatoms. The van der Waals surface area contributed by atoms with E-state index in [-0.39, 0.29) is 0 Å². The maximum Gasteiger partial charge on any atom is 0.0113 e. The molecule has 0 unspecified atom stereocenters. The summed E-state index contributed by atoms with van der Waals surface area (Å²) >= 11 is 0. The lowest BCUT2D eigenvalue weighted by Gasteiger charge is -2.36. The smallest absolute Gasteiger partial charge is 0.0113 e. The van der Waals surface area contributed by atoms with Crippen LogP contribution in [0.15, 0.2) is 0 Å². The van der Waals surface area contributed by atoms with Gasteiger partial charge in [-0.1, -0.05) is 6.42 Å². The predicted octanol–water partition coefficient (Wildman–Crippen LogP) is 1.15. The Hall–Kier alpha value is -0.120. The van der Waals surface area contributed by atoms with Crippen molar-refractivity contribution in [3.05, 3.63) is 0 Å². The van der Waals surface area contributed by atoms with Gasteiger partial charge in [-0.05, 0) is 52.9 Å². The molecule has 1 aliphatic heterocycles. The zero-order chi connectivity index (χ0) is 11.4. The van der Waals surface area contributed by atoms with Crippen molar-refractivity contribution in [2.75, 3.05) is 40.3 Å². The van der Waals surface area contributed by atoms with Gasteiger partial charge in [0.1, 0.15) is 0 Å². The minimum Gasteiger partial charge on any atom is -0.313 e. The van der Waals surface area contributed by atoms with Gasteiger partial charge in [-0.3, -0.25) is 0 Å². The molecule has 2 rings (SSSR count). The second-order valence-electron chi connectivity index (χ2n) is 5.62. The molecule has 0 spiro atoms. The first-order valence-corrected chi connectivity index (χ1v) is 6.88. The van der Waals surface area contributed by atoms with Crippen molar-refractivity contribution in [1.82, 2.24) is 15.1 Å². The lowest BCUT2D eigenvalue weighted by atomic mass is 9.93. The van der Waals surface area contributed by atoms with Gasteiger partial charge in [0.15, 0.2) is 0 Å². The number of hydrogen-bond acceptors (Lipinski definition) is 3. The molecule has 1 aliphatic carbocycles. The Bertz CT molecular complexity index is 193. The molecule has 2 aliphatic rings. The molecule has 1 saturated heterocycles. The monoisotopic (exact) mass is 225 g/mol. The van der Waals surface area contributed by atoms with Gasteiger partial charge in [-0.25, -0.2) is 0 Å². The molecule has 0 aromatic rings. The molecule has 16 heavy (non-hydrogen) atoms. The Morgan fingerprint density at radius 2 is 1.81 bits per heavy atom. The Kier molecular flexibility index (Phi) is 4.62. The third-order valence-electron chi connectivity index (χ3n) is 4.25. The maximum atomic E-state index is 3.65. The summed E-state index contributed by atoms with van der Waals surface area (Å²) in [6, 6.07) is 1.66. The average molecular weight is 225 g/mol. The number of nitrogens with zero attached hydrogens (tertiary/aromatic N) is 2. The van der Waals surface area contributed by atoms with E-state index in [1.54, 1.807) is 0 Å². The van der Waals surface area contributed by atoms with Crippen molar-refractivity contribution >= 4 is 0 Å². The minimum absolute atomic E-state index is 0.816. The van der Waals surface area contributed by atoms with E-state index >= 15 is 0 Å². The summed E-state index contributed by atoms with van der Waals surface area (Å²) in [5.74, 6) is 0. The van der Waals surface area contributed by atoms with Gasteiger partial charge in [-0.2, -0.15) is 0 Å². The average Bonchev–Trinajstić information content (AvgIpc) is 2.22. The molecule has 1 heterocycles. The Labute approximate surface area is 100 Å². The predicted molar refractivity (Wildman–Crippen MR) is 68.8 cm³/mol. The van der Waals surface area contributed by atoms with Crippen LogP contribution in [0.5, 0.6) is 0 Å². The van der Waals surface area contributed by atoms with Crippen molar-refractivity contribution in [3.8, 4) is 0 Å². The van der Waals surface area contributed by atoms with E-state index in [0.717, 1.165) is 12.1 Å². The normalized spacial score (nSPS) is 24.9. The van der Waals surface area contributed by atoms with Crippen LogP contribution in [-0.2, 0) is 0 Å². The number of likely N-dealkylation sites (tertiary alicyclic amines) is 1. The lowest BCUT2D eigenvalue weighted by molar-refractivity contribution is 0.143. The van der Waals surface area contributed by atoms with Crippen LogP contribution in [-0.4, -0.2) is 62.2 Å². The fourth-order valence-electron chi connectivity index (χ4n) is 2.70. The highest BCUT2D eigenvalue weighted by Crippen LogP contribution is 2.18. The third kappa shape index (κ3) is 3.44. The number of hydrogen-bond donors (Lipinski definition) is 1. The van der Waals surface area contributed by atoms with E-state index in [1.807, 2.05) is 0 Å². The number of piperidine rings is 1. The van der Waals surface area contributed by atoms with Crippen molar-refractivity contribution in [2.24, 2.45) is 0 Å². The molecule has 3 nitrogen and oxygen atoms in total. The first-order valence-electron chi connectivity index (χ1n) is 6.88. The van der Waals surface area contributed by atoms with Crippen LogP contribution >= 0.6 is 0 Å². The van der Waals surface area contributed by atoms with Crippen molar-refractivity contribution in [1.29, 1.82) is 0 Å². The highest BCUT2D eigenvalue weighted by Gasteiger charge is 2.21. The Balaban J connectivity index is 1.54. The van der Waals surface area contributed by atoms with E-state index in [2.05, 4.69) is 29.2 Å². The highest BCUT2D eigenvalue weighted by atomic mass is 15.2. The second kappa shape index (κ2) is 5.99. The van der Waals surface area contributed by atoms with E-state index in [0.29, 0.717) is 0 Å². The van der Waals surface area contributed by atoms with Gasteiger partial charge < -0.3 is 15.1 Å². The third-order valence-corrected chi connectivity index (χ3v) is 4.25. The van der Waals surface area contributed by atoms with Crippen LogP contribution in [0.3, 0.4) is 0 Å². The van der Waals surface area contributed by atoms with Crippen molar-refractivity contribution < 1.29 is 0 Å². The summed E-state index contributed by atoms with van der Waals surface area (Å²) in [5.41, 5.74) is 0. The number of nitrogens with one attached hydrogen (secondary N) is 1. The standard InChI is InChI=1S/C13H27N3/c1-15(2)13-6-9-16(10-7-13)11-8-14-12-4-3-5-12/h12-14H,3-11H2,1-2H3. The molecule has 0 bridgehead atoms. The van der Waals surface area contributed by atoms with Crippen molar-refractivity contribution in [3.63, 3.8) is 0 Å². The molecule has 0 amide bonds. The molecule has 0 radical (unpaired) electrons. The SMILES string of the molecule is CN(C)C1CCN(CCNC2CCC2)CC1. The largest absolute Gasteiger partial charge is 0.313 e. The summed E-state index contributed by atoms with van der Waals surface area (Å²) in [6.07, 6.45) is 6.93. The van der Waals surface area contributed by atoms with Gasteiger partial charge >= 0.3 is 0 Å². The maximum absolute atomic E-state index is 3.65. The molecule has 1 N–H and O–H groups in total. The van der Waals surface area contributed by atoms with Crippen LogP contribution in [0.1, 0.15) is 32.1 Å². The first kappa shape index (κ1) is 12.3. The molecular formula is C13H27N3. The fourth-order valence-corrected chi connectivity index (χ4v) is 2.70. The van der Waals surface area contributed by atoms with E-state index in [4.69, 9.17) is 0 Å². The molecule has 0 aromatic heterocycles. The summed E-state index contributed by atoms with van der Waals surface area (Å²) < 4.78 is 0. The van der Waals surface area contributed by atoms with E-state index in [9.17, 15) is 0 Å². The zero-order valence-corrected chi connectivity index (χ0v) is 10.9. The lowest BCUT2D eigenvalue weighted by Crippen LogP contribution is -2.45. The molecule has 94 valence electrons. The highest BCUT2D eigenvalue weighted by molar-refractivity contribution is 4.79. The topological polar surface area (TPSA) is 18.5 Å². The number of rotatable bonds is 5. The van der Waals surface area contributed by atoms with Crippen molar-refractivity contribution in [2.45, 2.75) is 44.2 Å². The van der Waals surface area contributed by atoms with Gasteiger partial charge in [0.25, 0.3) is 0 Å². The van der Waals surface area contributed by atoms with E-state index in [1.165, 1.54) is 58.3 Å². The second-order valence-corrected chi connectivity index (χ2v) is 5.62. The van der Waals surface area contributed by atoms with Crippen LogP contribution in [0.25, 0.3) is 0 Å². The molecule has 0 atom stereocenters. The molecule has 0 aromatic carbocycles. The van der Waals surface area contributed by atoms with Gasteiger partial charge in [0.2, 0.25) is 0 Å². The molecule has 2 fully saturated rings. The summed E-state index contributed by atoms with van der Waals surface area (Å²) in [6.45, 7) is 5.01. The Morgan fingerprint density at radius 3 is 2.31 bits per heavy atom. The molecular weight excluding hydrogens is 198 g/mol. The summed E-state index contributed by atoms with van der Waals surface area (Å²) in [7, 11) is 4.41. The molecule has 1 saturated carbocycles. The van der Waals surface area contributed by atoms with Crippen LogP contribution in [0, 0.1) is 0 Å². The van der Waals surface area contributed by atoms with Gasteiger partial charge in [-0.15, -0.1) is 0 Å². The van der Waals surface area contributed by atoms with Crippen LogP contribution in [0.4, 0.5) is 0 Å². The minimum atomic E-state index is 0.816. The summed E-state index contributed by atoms with van der Waals surface area (Å²) in [4.78, 5) is 5.00. The van der Waals surface area contributed by atoms with Crippen LogP contribution in [0.2, 0.25) is 0 Å². The summed E-state index contributed by atoms with van der Waals surface area (Å²) in [5, 5.41) is 3.65. The van der Waals surface area contributed by atoms with Gasteiger partial charge in [0.05, 0.1) is 0 Å². The zero-order valence-electron chi connectivity index (χ0n) is 10.9. The Morgan fingerprint density at radius 1 is 1.12 bits per heavy atom. The van der Waals surface area contributed by atoms with E-state index < -0.39 is 0 Å². The quantitative estimate of drug-likeness (QED) is 0.757. The van der Waals surface area contributed by atoms with Gasteiger partial charge in [0, 0.05) is 25.2 Å².